The first-order chi connectivity index (χ1) is 11.0. The van der Waals surface area contributed by atoms with E-state index in [2.05, 4.69) is 34.1 Å². The summed E-state index contributed by atoms with van der Waals surface area (Å²) in [6.45, 7) is 7.92. The van der Waals surface area contributed by atoms with Crippen molar-refractivity contribution in [2.45, 2.75) is 33.7 Å². The summed E-state index contributed by atoms with van der Waals surface area (Å²) in [5, 5.41) is 4.00. The van der Waals surface area contributed by atoms with Crippen LogP contribution in [0.3, 0.4) is 0 Å². The summed E-state index contributed by atoms with van der Waals surface area (Å²) in [5.74, 6) is 0.912. The van der Waals surface area contributed by atoms with Crippen LogP contribution in [0.1, 0.15) is 46.1 Å². The molecule has 0 aliphatic rings. The summed E-state index contributed by atoms with van der Waals surface area (Å²) in [7, 11) is 0. The molecule has 0 saturated heterocycles. The topological polar surface area (TPSA) is 70.7 Å². The van der Waals surface area contributed by atoms with Gasteiger partial charge in [0.05, 0.1) is 27.8 Å². The van der Waals surface area contributed by atoms with Crippen LogP contribution in [0, 0.1) is 19.8 Å². The van der Waals surface area contributed by atoms with E-state index >= 15 is 0 Å². The molecule has 0 unspecified atom stereocenters. The monoisotopic (exact) mass is 328 g/mol. The van der Waals surface area contributed by atoms with Gasteiger partial charge in [-0.1, -0.05) is 26.0 Å². The maximum atomic E-state index is 12.6. The largest absolute Gasteiger partial charge is 0.341 e. The lowest BCUT2D eigenvalue weighted by Crippen LogP contribution is -2.32. The minimum absolute atomic E-state index is 0.0905. The molecule has 0 aliphatic heterocycles. The van der Waals surface area contributed by atoms with E-state index in [0.29, 0.717) is 4.88 Å². The van der Waals surface area contributed by atoms with E-state index < -0.39 is 0 Å². The minimum Gasteiger partial charge on any atom is -0.341 e. The second kappa shape index (κ2) is 6.12. The maximum absolute atomic E-state index is 12.6. The number of H-pyrrole nitrogens is 1. The summed E-state index contributed by atoms with van der Waals surface area (Å²) in [6, 6.07) is 7.71. The van der Waals surface area contributed by atoms with E-state index in [4.69, 9.17) is 0 Å². The SMILES string of the molecule is Cc1nc(C)c(C(=O)N[C@H](c2nc3ccccc3[nH]2)C(C)C)s1. The van der Waals surface area contributed by atoms with E-state index in [9.17, 15) is 4.79 Å². The molecule has 0 fully saturated rings. The number of hydrogen-bond acceptors (Lipinski definition) is 4. The average molecular weight is 328 g/mol. The Bertz CT molecular complexity index is 816. The van der Waals surface area contributed by atoms with E-state index in [-0.39, 0.29) is 17.9 Å². The molecular formula is C17H20N4OS. The number of aryl methyl sites for hydroxylation is 2. The van der Waals surface area contributed by atoms with E-state index in [1.165, 1.54) is 11.3 Å². The number of rotatable bonds is 4. The molecule has 3 rings (SSSR count). The summed E-state index contributed by atoms with van der Waals surface area (Å²) in [4.78, 5) is 25.5. The van der Waals surface area contributed by atoms with Gasteiger partial charge in [0, 0.05) is 0 Å². The van der Waals surface area contributed by atoms with Crippen LogP contribution in [0.15, 0.2) is 24.3 Å². The molecule has 0 radical (unpaired) electrons. The summed E-state index contributed by atoms with van der Waals surface area (Å²) in [6.07, 6.45) is 0. The van der Waals surface area contributed by atoms with Gasteiger partial charge in [-0.05, 0) is 31.9 Å². The fourth-order valence-electron chi connectivity index (χ4n) is 2.62. The van der Waals surface area contributed by atoms with Crippen molar-refractivity contribution in [1.29, 1.82) is 0 Å². The van der Waals surface area contributed by atoms with Gasteiger partial charge in [-0.25, -0.2) is 9.97 Å². The van der Waals surface area contributed by atoms with Crippen LogP contribution >= 0.6 is 11.3 Å². The molecule has 2 aromatic heterocycles. The number of thiazole rings is 1. The molecule has 23 heavy (non-hydrogen) atoms. The predicted octanol–water partition coefficient (Wildman–Crippen LogP) is 3.76. The standard InChI is InChI=1S/C17H20N4OS/c1-9(2)14(16-19-12-7-5-6-8-13(12)20-16)21-17(22)15-10(3)18-11(4)23-15/h5-9,14H,1-4H3,(H,19,20)(H,21,22)/t14-/m0/s1. The Morgan fingerprint density at radius 2 is 1.96 bits per heavy atom. The average Bonchev–Trinajstić information content (AvgIpc) is 3.06. The maximum Gasteiger partial charge on any atom is 0.263 e. The second-order valence-corrected chi connectivity index (χ2v) is 7.18. The number of para-hydroxylation sites is 2. The number of nitrogens with zero attached hydrogens (tertiary/aromatic N) is 2. The van der Waals surface area contributed by atoms with Gasteiger partial charge in [-0.3, -0.25) is 4.79 Å². The zero-order valence-electron chi connectivity index (χ0n) is 13.7. The molecule has 3 aromatic rings. The molecule has 0 saturated carbocycles. The number of imidazole rings is 1. The lowest BCUT2D eigenvalue weighted by molar-refractivity contribution is 0.0926. The molecule has 0 spiro atoms. The van der Waals surface area contributed by atoms with Crippen molar-refractivity contribution in [3.05, 3.63) is 45.7 Å². The Kier molecular flexibility index (Phi) is 4.17. The molecule has 5 nitrogen and oxygen atoms in total. The highest BCUT2D eigenvalue weighted by Gasteiger charge is 2.24. The molecule has 120 valence electrons. The van der Waals surface area contributed by atoms with Crippen LogP contribution < -0.4 is 5.32 Å². The molecule has 1 aromatic carbocycles. The predicted molar refractivity (Wildman–Crippen MR) is 92.7 cm³/mol. The van der Waals surface area contributed by atoms with Crippen LogP contribution in [-0.2, 0) is 0 Å². The summed E-state index contributed by atoms with van der Waals surface area (Å²) < 4.78 is 0. The van der Waals surface area contributed by atoms with Crippen molar-refractivity contribution in [3.8, 4) is 0 Å². The van der Waals surface area contributed by atoms with E-state index in [0.717, 1.165) is 27.6 Å². The van der Waals surface area contributed by atoms with Gasteiger partial charge >= 0.3 is 0 Å². The molecule has 2 N–H and O–H groups in total. The number of carbonyl (C=O) groups is 1. The van der Waals surface area contributed by atoms with Crippen molar-refractivity contribution < 1.29 is 4.79 Å². The number of nitrogens with one attached hydrogen (secondary N) is 2. The Morgan fingerprint density at radius 1 is 1.22 bits per heavy atom. The minimum atomic E-state index is -0.170. The first-order valence-electron chi connectivity index (χ1n) is 7.65. The van der Waals surface area contributed by atoms with Gasteiger partial charge in [0.2, 0.25) is 0 Å². The highest BCUT2D eigenvalue weighted by molar-refractivity contribution is 7.13. The molecule has 6 heteroatoms. The summed E-state index contributed by atoms with van der Waals surface area (Å²) in [5.41, 5.74) is 2.66. The van der Waals surface area contributed by atoms with E-state index in [1.807, 2.05) is 38.1 Å². The fraction of sp³-hybridized carbons (Fsp3) is 0.353. The van der Waals surface area contributed by atoms with Gasteiger partial charge in [-0.2, -0.15) is 0 Å². The molecule has 0 aliphatic carbocycles. The van der Waals surface area contributed by atoms with Crippen LogP contribution in [-0.4, -0.2) is 20.9 Å². The molecule has 1 amide bonds. The third-order valence-electron chi connectivity index (χ3n) is 3.77. The van der Waals surface area contributed by atoms with Crippen molar-refractivity contribution in [2.75, 3.05) is 0 Å². The number of fused-ring (bicyclic) bond motifs is 1. The van der Waals surface area contributed by atoms with Gasteiger partial charge in [0.15, 0.2) is 0 Å². The first-order valence-corrected chi connectivity index (χ1v) is 8.47. The molecule has 1 atom stereocenters. The molecule has 2 heterocycles. The number of amides is 1. The summed E-state index contributed by atoms with van der Waals surface area (Å²) >= 11 is 1.42. The number of aromatic amines is 1. The van der Waals surface area contributed by atoms with Crippen LogP contribution in [0.5, 0.6) is 0 Å². The van der Waals surface area contributed by atoms with Crippen molar-refractivity contribution in [2.24, 2.45) is 5.92 Å². The van der Waals surface area contributed by atoms with Gasteiger partial charge in [-0.15, -0.1) is 11.3 Å². The Hall–Kier alpha value is -2.21. The van der Waals surface area contributed by atoms with Crippen LogP contribution in [0.2, 0.25) is 0 Å². The van der Waals surface area contributed by atoms with Crippen molar-refractivity contribution in [3.63, 3.8) is 0 Å². The van der Waals surface area contributed by atoms with Crippen molar-refractivity contribution in [1.82, 2.24) is 20.3 Å². The zero-order valence-corrected chi connectivity index (χ0v) is 14.5. The van der Waals surface area contributed by atoms with Crippen molar-refractivity contribution >= 4 is 28.3 Å². The second-order valence-electron chi connectivity index (χ2n) is 5.98. The zero-order chi connectivity index (χ0) is 16.6. The Labute approximate surface area is 139 Å². The number of aromatic nitrogens is 3. The Morgan fingerprint density at radius 3 is 2.57 bits per heavy atom. The first kappa shape index (κ1) is 15.7. The van der Waals surface area contributed by atoms with E-state index in [1.54, 1.807) is 0 Å². The Balaban J connectivity index is 1.90. The number of hydrogen-bond donors (Lipinski definition) is 2. The number of carbonyl (C=O) groups excluding carboxylic acids is 1. The number of benzene rings is 1. The van der Waals surface area contributed by atoms with Gasteiger partial charge in [0.25, 0.3) is 5.91 Å². The van der Waals surface area contributed by atoms with Crippen LogP contribution in [0.25, 0.3) is 11.0 Å². The smallest absolute Gasteiger partial charge is 0.263 e. The molecular weight excluding hydrogens is 308 g/mol. The quantitative estimate of drug-likeness (QED) is 0.766. The normalized spacial score (nSPS) is 12.7. The fourth-order valence-corrected chi connectivity index (χ4v) is 3.44. The third-order valence-corrected chi connectivity index (χ3v) is 4.84. The molecule has 0 bridgehead atoms. The van der Waals surface area contributed by atoms with Gasteiger partial charge in [0.1, 0.15) is 10.7 Å². The highest BCUT2D eigenvalue weighted by Crippen LogP contribution is 2.24. The van der Waals surface area contributed by atoms with Gasteiger partial charge < -0.3 is 10.3 Å². The third kappa shape index (κ3) is 3.12. The highest BCUT2D eigenvalue weighted by atomic mass is 32.1. The lowest BCUT2D eigenvalue weighted by Gasteiger charge is -2.20. The van der Waals surface area contributed by atoms with Crippen LogP contribution in [0.4, 0.5) is 0 Å². The lowest BCUT2D eigenvalue weighted by atomic mass is 10.0.